The van der Waals surface area contributed by atoms with Gasteiger partial charge < -0.3 is 18.9 Å². The van der Waals surface area contributed by atoms with E-state index < -0.39 is 16.9 Å². The zero-order valence-corrected chi connectivity index (χ0v) is 24.0. The van der Waals surface area contributed by atoms with Crippen LogP contribution in [0.1, 0.15) is 36.6 Å². The first-order valence-electron chi connectivity index (χ1n) is 13.4. The fraction of sp³-hybridized carbons (Fsp3) is 0.194. The number of nitrogens with zero attached hydrogens (tertiary/aromatic N) is 3. The summed E-state index contributed by atoms with van der Waals surface area (Å²) in [6, 6.07) is 18.0. The van der Waals surface area contributed by atoms with E-state index in [1.165, 1.54) is 28.0 Å². The average Bonchev–Trinajstić information content (AvgIpc) is 3.59. The maximum Gasteiger partial charge on any atom is 0.338 e. The highest BCUT2D eigenvalue weighted by Gasteiger charge is 2.34. The van der Waals surface area contributed by atoms with Gasteiger partial charge in [-0.2, -0.15) is 0 Å². The van der Waals surface area contributed by atoms with Crippen molar-refractivity contribution in [1.29, 1.82) is 0 Å². The Morgan fingerprint density at radius 3 is 2.70 bits per heavy atom. The highest BCUT2D eigenvalue weighted by Crippen LogP contribution is 2.38. The minimum atomic E-state index is -0.775. The van der Waals surface area contributed by atoms with E-state index >= 15 is 0 Å². The topological polar surface area (TPSA) is 131 Å². The van der Waals surface area contributed by atoms with E-state index in [0.29, 0.717) is 37.8 Å². The summed E-state index contributed by atoms with van der Waals surface area (Å²) in [4.78, 5) is 42.6. The number of carbonyl (C=O) groups is 1. The summed E-state index contributed by atoms with van der Waals surface area (Å²) in [6.45, 7) is 3.95. The zero-order valence-electron chi connectivity index (χ0n) is 23.1. The van der Waals surface area contributed by atoms with Crippen molar-refractivity contribution in [3.8, 4) is 17.2 Å². The van der Waals surface area contributed by atoms with E-state index in [0.717, 1.165) is 11.1 Å². The number of nitro groups is 1. The molecule has 0 spiro atoms. The highest BCUT2D eigenvalue weighted by molar-refractivity contribution is 7.07. The number of carbonyl (C=O) groups excluding carboxylic acids is 1. The van der Waals surface area contributed by atoms with Gasteiger partial charge in [0.1, 0.15) is 12.4 Å². The molecule has 3 heterocycles. The van der Waals surface area contributed by atoms with Crippen LogP contribution in [0.25, 0.3) is 6.08 Å². The minimum absolute atomic E-state index is 0.0116. The Morgan fingerprint density at radius 2 is 1.93 bits per heavy atom. The largest absolute Gasteiger partial charge is 0.489 e. The number of hydrogen-bond donors (Lipinski definition) is 0. The Hall–Kier alpha value is -5.23. The summed E-state index contributed by atoms with van der Waals surface area (Å²) >= 11 is 1.22. The van der Waals surface area contributed by atoms with Gasteiger partial charge in [-0.25, -0.2) is 9.79 Å². The van der Waals surface area contributed by atoms with Crippen molar-refractivity contribution in [2.45, 2.75) is 26.5 Å². The second-order valence-corrected chi connectivity index (χ2v) is 10.7. The summed E-state index contributed by atoms with van der Waals surface area (Å²) < 4.78 is 24.2. The normalized spacial score (nSPS) is 15.6. The molecule has 0 radical (unpaired) electrons. The lowest BCUT2D eigenvalue weighted by molar-refractivity contribution is -0.384. The smallest absolute Gasteiger partial charge is 0.338 e. The third-order valence-electron chi connectivity index (χ3n) is 6.94. The third kappa shape index (κ3) is 5.52. The van der Waals surface area contributed by atoms with Crippen molar-refractivity contribution < 1.29 is 28.7 Å². The molecular formula is C31H25N3O8S. The van der Waals surface area contributed by atoms with Gasteiger partial charge >= 0.3 is 5.97 Å². The van der Waals surface area contributed by atoms with Gasteiger partial charge in [0, 0.05) is 12.1 Å². The molecule has 4 aromatic rings. The quantitative estimate of drug-likeness (QED) is 0.169. The standard InChI is InChI=1S/C31H25N3O8S/c1-3-39-30(36)27-18(2)32-31-33(28(27)21-9-12-24-25(15-21)42-17-41-24)29(35)26(43-31)14-20-5-4-6-23(13-20)40-16-19-7-10-22(11-8-19)34(37)38/h4-15,28H,3,16-17H2,1-2H3/b26-14-/t28-/m0/s1. The lowest BCUT2D eigenvalue weighted by Gasteiger charge is -2.24. The zero-order chi connectivity index (χ0) is 30.1. The monoisotopic (exact) mass is 599 g/mol. The van der Waals surface area contributed by atoms with Crippen LogP contribution in [0.3, 0.4) is 0 Å². The lowest BCUT2D eigenvalue weighted by atomic mass is 9.95. The van der Waals surface area contributed by atoms with Gasteiger partial charge in [0.15, 0.2) is 16.3 Å². The molecule has 1 atom stereocenters. The van der Waals surface area contributed by atoms with Crippen LogP contribution >= 0.6 is 11.3 Å². The molecule has 43 heavy (non-hydrogen) atoms. The third-order valence-corrected chi connectivity index (χ3v) is 7.92. The molecule has 2 aliphatic rings. The van der Waals surface area contributed by atoms with Crippen LogP contribution in [-0.2, 0) is 16.1 Å². The molecule has 0 unspecified atom stereocenters. The molecular weight excluding hydrogens is 574 g/mol. The lowest BCUT2D eigenvalue weighted by Crippen LogP contribution is -2.39. The molecule has 3 aromatic carbocycles. The Labute approximate surface area is 248 Å². The van der Waals surface area contributed by atoms with Crippen molar-refractivity contribution >= 4 is 29.1 Å². The number of non-ortho nitro benzene ring substituents is 1. The Morgan fingerprint density at radius 1 is 1.14 bits per heavy atom. The Kier molecular flexibility index (Phi) is 7.51. The molecule has 0 saturated heterocycles. The second-order valence-electron chi connectivity index (χ2n) is 9.70. The van der Waals surface area contributed by atoms with E-state index in [-0.39, 0.29) is 36.8 Å². The predicted molar refractivity (Wildman–Crippen MR) is 157 cm³/mol. The number of thiazole rings is 1. The number of allylic oxidation sites excluding steroid dienone is 1. The van der Waals surface area contributed by atoms with Crippen LogP contribution in [0.15, 0.2) is 87.8 Å². The predicted octanol–water partition coefficient (Wildman–Crippen LogP) is 4.01. The maximum absolute atomic E-state index is 13.9. The Balaban J connectivity index is 1.35. The van der Waals surface area contributed by atoms with Gasteiger partial charge in [-0.3, -0.25) is 19.5 Å². The summed E-state index contributed by atoms with van der Waals surface area (Å²) in [6.07, 6.45) is 1.75. The fourth-order valence-electron chi connectivity index (χ4n) is 4.92. The second kappa shape index (κ2) is 11.6. The van der Waals surface area contributed by atoms with E-state index in [1.54, 1.807) is 62.4 Å². The van der Waals surface area contributed by atoms with Gasteiger partial charge in [0.05, 0.1) is 33.4 Å². The molecule has 0 aliphatic carbocycles. The minimum Gasteiger partial charge on any atom is -0.489 e. The van der Waals surface area contributed by atoms with Crippen molar-refractivity contribution in [2.75, 3.05) is 13.4 Å². The molecule has 0 fully saturated rings. The van der Waals surface area contributed by atoms with Crippen LogP contribution in [0.5, 0.6) is 17.2 Å². The van der Waals surface area contributed by atoms with Crippen LogP contribution < -0.4 is 29.1 Å². The Bertz CT molecular complexity index is 1960. The molecule has 218 valence electrons. The molecule has 2 aliphatic heterocycles. The molecule has 6 rings (SSSR count). The average molecular weight is 600 g/mol. The number of aromatic nitrogens is 1. The van der Waals surface area contributed by atoms with Gasteiger partial charge in [-0.1, -0.05) is 29.5 Å². The number of esters is 1. The summed E-state index contributed by atoms with van der Waals surface area (Å²) in [7, 11) is 0. The molecule has 0 N–H and O–H groups in total. The molecule has 12 heteroatoms. The molecule has 1 aromatic heterocycles. The summed E-state index contributed by atoms with van der Waals surface area (Å²) in [5.74, 6) is 1.14. The number of rotatable bonds is 8. The molecule has 11 nitrogen and oxygen atoms in total. The SMILES string of the molecule is CCOC(=O)C1=C(C)N=c2s/c(=C\c3cccc(OCc4ccc([N+](=O)[O-])cc4)c3)c(=O)n2[C@H]1c1ccc2c(c1)OCO2. The van der Waals surface area contributed by atoms with E-state index in [9.17, 15) is 19.7 Å². The summed E-state index contributed by atoms with van der Waals surface area (Å²) in [5, 5.41) is 10.9. The van der Waals surface area contributed by atoms with Crippen LogP contribution in [-0.4, -0.2) is 28.9 Å². The molecule has 0 bridgehead atoms. The first kappa shape index (κ1) is 27.9. The summed E-state index contributed by atoms with van der Waals surface area (Å²) in [5.41, 5.74) is 2.62. The van der Waals surface area contributed by atoms with Crippen molar-refractivity contribution in [3.63, 3.8) is 0 Å². The van der Waals surface area contributed by atoms with Gasteiger partial charge in [-0.05, 0) is 73.0 Å². The molecule has 0 amide bonds. The number of benzene rings is 3. The number of hydrogen-bond acceptors (Lipinski definition) is 10. The number of ether oxygens (including phenoxy) is 4. The maximum atomic E-state index is 13.9. The molecule has 0 saturated carbocycles. The van der Waals surface area contributed by atoms with Gasteiger partial charge in [0.2, 0.25) is 6.79 Å². The van der Waals surface area contributed by atoms with Gasteiger partial charge in [-0.15, -0.1) is 0 Å². The first-order chi connectivity index (χ1) is 20.8. The van der Waals surface area contributed by atoms with Crippen LogP contribution in [0.2, 0.25) is 0 Å². The van der Waals surface area contributed by atoms with E-state index in [4.69, 9.17) is 18.9 Å². The first-order valence-corrected chi connectivity index (χ1v) is 14.2. The van der Waals surface area contributed by atoms with Crippen molar-refractivity contribution in [1.82, 2.24) is 4.57 Å². The van der Waals surface area contributed by atoms with Gasteiger partial charge in [0.25, 0.3) is 11.2 Å². The van der Waals surface area contributed by atoms with E-state index in [1.807, 2.05) is 12.1 Å². The van der Waals surface area contributed by atoms with Crippen molar-refractivity contribution in [2.24, 2.45) is 4.99 Å². The van der Waals surface area contributed by atoms with Crippen molar-refractivity contribution in [3.05, 3.63) is 124 Å². The van der Waals surface area contributed by atoms with Crippen LogP contribution in [0.4, 0.5) is 5.69 Å². The number of nitro benzene ring substituents is 1. The highest BCUT2D eigenvalue weighted by atomic mass is 32.1. The van der Waals surface area contributed by atoms with E-state index in [2.05, 4.69) is 4.99 Å². The fourth-order valence-corrected chi connectivity index (χ4v) is 5.96. The van der Waals surface area contributed by atoms with Crippen LogP contribution in [0, 0.1) is 10.1 Å². The number of fused-ring (bicyclic) bond motifs is 2.